The van der Waals surface area contributed by atoms with Gasteiger partial charge in [-0.2, -0.15) is 0 Å². The summed E-state index contributed by atoms with van der Waals surface area (Å²) in [6, 6.07) is 5.55. The minimum absolute atomic E-state index is 0.0658. The summed E-state index contributed by atoms with van der Waals surface area (Å²) >= 11 is 0. The van der Waals surface area contributed by atoms with E-state index in [1.807, 2.05) is 19.1 Å². The summed E-state index contributed by atoms with van der Waals surface area (Å²) in [4.78, 5) is 31.3. The Bertz CT molecular complexity index is 916. The fourth-order valence-corrected chi connectivity index (χ4v) is 3.41. The molecule has 0 saturated heterocycles. The van der Waals surface area contributed by atoms with Gasteiger partial charge in [0.1, 0.15) is 17.7 Å². The number of nitrogens with zero attached hydrogens (tertiary/aromatic N) is 3. The molecule has 0 fully saturated rings. The highest BCUT2D eigenvalue weighted by molar-refractivity contribution is 5.95. The first-order valence-corrected chi connectivity index (χ1v) is 8.08. The lowest BCUT2D eigenvalue weighted by molar-refractivity contribution is 0.0750. The summed E-state index contributed by atoms with van der Waals surface area (Å²) in [6.45, 7) is 4.52. The minimum Gasteiger partial charge on any atom is -0.490 e. The van der Waals surface area contributed by atoms with Gasteiger partial charge in [-0.05, 0) is 37.6 Å². The van der Waals surface area contributed by atoms with Gasteiger partial charge in [0.25, 0.3) is 11.5 Å². The molecule has 2 aliphatic heterocycles. The van der Waals surface area contributed by atoms with Crippen molar-refractivity contribution in [3.8, 4) is 5.75 Å². The van der Waals surface area contributed by atoms with Crippen molar-refractivity contribution in [3.05, 3.63) is 56.8 Å². The summed E-state index contributed by atoms with van der Waals surface area (Å²) < 4.78 is 7.21. The maximum absolute atomic E-state index is 12.8. The smallest absolute Gasteiger partial charge is 0.258 e. The highest BCUT2D eigenvalue weighted by atomic mass is 16.5. The Morgan fingerprint density at radius 3 is 2.92 bits per heavy atom. The number of aryl methyl sites for hydroxylation is 1. The molecule has 0 spiro atoms. The molecule has 1 aromatic heterocycles. The molecule has 1 atom stereocenters. The molecule has 1 amide bonds. The van der Waals surface area contributed by atoms with Gasteiger partial charge in [-0.1, -0.05) is 0 Å². The number of ether oxygens (including phenoxy) is 1. The van der Waals surface area contributed by atoms with Crippen LogP contribution in [0.5, 0.6) is 5.75 Å². The third kappa shape index (κ3) is 2.21. The van der Waals surface area contributed by atoms with Crippen LogP contribution in [-0.4, -0.2) is 26.5 Å². The van der Waals surface area contributed by atoms with Crippen LogP contribution in [0.3, 0.4) is 0 Å². The van der Waals surface area contributed by atoms with Crippen molar-refractivity contribution in [3.63, 3.8) is 0 Å². The Labute approximate surface area is 139 Å². The second kappa shape index (κ2) is 5.19. The number of carbonyl (C=O) groups excluding carboxylic acids is 1. The monoisotopic (exact) mass is 325 g/mol. The second-order valence-corrected chi connectivity index (χ2v) is 6.56. The molecule has 6 heteroatoms. The number of benzene rings is 1. The van der Waals surface area contributed by atoms with Crippen LogP contribution in [0.25, 0.3) is 0 Å². The fourth-order valence-electron chi connectivity index (χ4n) is 3.41. The molecular weight excluding hydrogens is 306 g/mol. The van der Waals surface area contributed by atoms with Crippen molar-refractivity contribution >= 4 is 5.91 Å². The van der Waals surface area contributed by atoms with Crippen LogP contribution in [0.4, 0.5) is 0 Å². The molecule has 3 heterocycles. The maximum Gasteiger partial charge on any atom is 0.258 e. The predicted molar refractivity (Wildman–Crippen MR) is 88.0 cm³/mol. The molecule has 24 heavy (non-hydrogen) atoms. The van der Waals surface area contributed by atoms with Crippen molar-refractivity contribution < 1.29 is 9.53 Å². The molecule has 124 valence electrons. The lowest BCUT2D eigenvalue weighted by Gasteiger charge is -2.15. The maximum atomic E-state index is 12.8. The van der Waals surface area contributed by atoms with Crippen molar-refractivity contribution in [2.75, 3.05) is 0 Å². The second-order valence-electron chi connectivity index (χ2n) is 6.56. The lowest BCUT2D eigenvalue weighted by Crippen LogP contribution is -2.27. The summed E-state index contributed by atoms with van der Waals surface area (Å²) in [5.74, 6) is 1.45. The summed E-state index contributed by atoms with van der Waals surface area (Å²) in [5.41, 5.74) is 2.96. The van der Waals surface area contributed by atoms with Crippen LogP contribution < -0.4 is 10.3 Å². The van der Waals surface area contributed by atoms with Crippen LogP contribution in [0.15, 0.2) is 23.0 Å². The topological polar surface area (TPSA) is 64.4 Å². The molecular formula is C18H19N3O3. The van der Waals surface area contributed by atoms with E-state index in [2.05, 4.69) is 4.98 Å². The van der Waals surface area contributed by atoms with Gasteiger partial charge < -0.3 is 9.64 Å². The van der Waals surface area contributed by atoms with E-state index in [0.29, 0.717) is 35.7 Å². The number of carbonyl (C=O) groups is 1. The number of amides is 1. The molecule has 0 N–H and O–H groups in total. The van der Waals surface area contributed by atoms with Crippen LogP contribution >= 0.6 is 0 Å². The fraction of sp³-hybridized carbons (Fsp3) is 0.389. The molecule has 1 aromatic carbocycles. The van der Waals surface area contributed by atoms with E-state index < -0.39 is 0 Å². The van der Waals surface area contributed by atoms with E-state index >= 15 is 0 Å². The largest absolute Gasteiger partial charge is 0.490 e. The van der Waals surface area contributed by atoms with Crippen LogP contribution in [-0.2, 0) is 26.6 Å². The standard InChI is InChI=1S/C18H19N3O3/c1-10-6-13-7-12(4-5-16(13)24-10)17(22)21-8-14-15(9-21)19-11(2)20(3)18(14)23/h4-5,7,10H,6,8-9H2,1-3H3/t10-/m1/s1. The molecule has 0 radical (unpaired) electrons. The SMILES string of the molecule is Cc1nc2c(c(=O)n1C)CN(C(=O)c1ccc3c(c1)C[C@@H](C)O3)C2. The number of hydrogen-bond acceptors (Lipinski definition) is 4. The van der Waals surface area contributed by atoms with Crippen molar-refractivity contribution in [2.45, 2.75) is 39.5 Å². The first kappa shape index (κ1) is 14.9. The van der Waals surface area contributed by atoms with Crippen LogP contribution in [0, 0.1) is 6.92 Å². The van der Waals surface area contributed by atoms with E-state index in [4.69, 9.17) is 4.74 Å². The van der Waals surface area contributed by atoms with Gasteiger partial charge in [-0.3, -0.25) is 14.2 Å². The first-order chi connectivity index (χ1) is 11.4. The number of hydrogen-bond donors (Lipinski definition) is 0. The molecule has 2 aromatic rings. The zero-order chi connectivity index (χ0) is 17.0. The van der Waals surface area contributed by atoms with Gasteiger partial charge >= 0.3 is 0 Å². The minimum atomic E-state index is -0.0740. The summed E-state index contributed by atoms with van der Waals surface area (Å²) in [6.07, 6.45) is 0.967. The van der Waals surface area contributed by atoms with Crippen molar-refractivity contribution in [1.29, 1.82) is 0 Å². The third-order valence-electron chi connectivity index (χ3n) is 4.81. The van der Waals surface area contributed by atoms with Gasteiger partial charge in [0.15, 0.2) is 0 Å². The average molecular weight is 325 g/mol. The summed E-state index contributed by atoms with van der Waals surface area (Å²) in [5, 5.41) is 0. The Hall–Kier alpha value is -2.63. The molecule has 4 rings (SSSR count). The number of fused-ring (bicyclic) bond motifs is 2. The molecule has 2 aliphatic rings. The number of aromatic nitrogens is 2. The van der Waals surface area contributed by atoms with Gasteiger partial charge in [-0.15, -0.1) is 0 Å². The van der Waals surface area contributed by atoms with Gasteiger partial charge in [-0.25, -0.2) is 4.98 Å². The predicted octanol–water partition coefficient (Wildman–Crippen LogP) is 1.57. The van der Waals surface area contributed by atoms with Crippen LogP contribution in [0.2, 0.25) is 0 Å². The lowest BCUT2D eigenvalue weighted by atomic mass is 10.1. The number of rotatable bonds is 1. The van der Waals surface area contributed by atoms with Gasteiger partial charge in [0.2, 0.25) is 0 Å². The van der Waals surface area contributed by atoms with Gasteiger partial charge in [0.05, 0.1) is 24.3 Å². The highest BCUT2D eigenvalue weighted by Crippen LogP contribution is 2.30. The highest BCUT2D eigenvalue weighted by Gasteiger charge is 2.29. The van der Waals surface area contributed by atoms with Gasteiger partial charge in [0, 0.05) is 19.0 Å². The molecule has 0 bridgehead atoms. The van der Waals surface area contributed by atoms with E-state index in [0.717, 1.165) is 17.7 Å². The Kier molecular flexibility index (Phi) is 3.23. The van der Waals surface area contributed by atoms with E-state index in [-0.39, 0.29) is 17.6 Å². The molecule has 0 aliphatic carbocycles. The zero-order valence-electron chi connectivity index (χ0n) is 14.0. The van der Waals surface area contributed by atoms with E-state index in [9.17, 15) is 9.59 Å². The Morgan fingerprint density at radius 2 is 2.12 bits per heavy atom. The van der Waals surface area contributed by atoms with E-state index in [1.54, 1.807) is 24.9 Å². The quantitative estimate of drug-likeness (QED) is 0.798. The normalized spacial score (nSPS) is 18.3. The zero-order valence-corrected chi connectivity index (χ0v) is 14.0. The average Bonchev–Trinajstić information content (AvgIpc) is 3.13. The first-order valence-electron chi connectivity index (χ1n) is 8.08. The van der Waals surface area contributed by atoms with Crippen molar-refractivity contribution in [2.24, 2.45) is 7.05 Å². The molecule has 0 unspecified atom stereocenters. The molecule has 6 nitrogen and oxygen atoms in total. The third-order valence-corrected chi connectivity index (χ3v) is 4.81. The summed E-state index contributed by atoms with van der Waals surface area (Å²) in [7, 11) is 1.71. The van der Waals surface area contributed by atoms with Crippen molar-refractivity contribution in [1.82, 2.24) is 14.5 Å². The Balaban J connectivity index is 1.62. The van der Waals surface area contributed by atoms with Crippen LogP contribution in [0.1, 0.15) is 39.9 Å². The van der Waals surface area contributed by atoms with E-state index in [1.165, 1.54) is 4.57 Å². The Morgan fingerprint density at radius 1 is 1.33 bits per heavy atom. The molecule has 0 saturated carbocycles.